The third-order valence-corrected chi connectivity index (χ3v) is 4.92. The molecule has 1 N–H and O–H groups in total. The van der Waals surface area contributed by atoms with Gasteiger partial charge < -0.3 is 14.9 Å². The van der Waals surface area contributed by atoms with Gasteiger partial charge >= 0.3 is 0 Å². The van der Waals surface area contributed by atoms with E-state index in [9.17, 15) is 9.90 Å². The van der Waals surface area contributed by atoms with Gasteiger partial charge in [0.1, 0.15) is 5.75 Å². The Labute approximate surface area is 136 Å². The van der Waals surface area contributed by atoms with Crippen LogP contribution in [0.1, 0.15) is 5.56 Å². The van der Waals surface area contributed by atoms with Gasteiger partial charge in [0.2, 0.25) is 5.91 Å². The van der Waals surface area contributed by atoms with Crippen LogP contribution in [0.3, 0.4) is 0 Å². The Morgan fingerprint density at radius 1 is 1.27 bits per heavy atom. The smallest absolute Gasteiger partial charge is 0.227 e. The van der Waals surface area contributed by atoms with Gasteiger partial charge in [-0.3, -0.25) is 9.69 Å². The summed E-state index contributed by atoms with van der Waals surface area (Å²) in [6, 6.07) is 5.40. The van der Waals surface area contributed by atoms with Crippen LogP contribution < -0.4 is 0 Å². The average molecular weight is 324 g/mol. The molecule has 2 aliphatic rings. The highest BCUT2D eigenvalue weighted by Gasteiger charge is 2.32. The average Bonchev–Trinajstić information content (AvgIpc) is 2.50. The highest BCUT2D eigenvalue weighted by atomic mass is 35.5. The van der Waals surface area contributed by atoms with E-state index in [1.54, 1.807) is 18.2 Å². The monoisotopic (exact) mass is 323 g/mol. The molecule has 2 heterocycles. The number of benzene rings is 1. The molecular formula is C16H22ClN3O2. The van der Waals surface area contributed by atoms with E-state index in [0.29, 0.717) is 17.5 Å². The summed E-state index contributed by atoms with van der Waals surface area (Å²) in [7, 11) is 2.14. The zero-order valence-corrected chi connectivity index (χ0v) is 13.6. The number of carbonyl (C=O) groups is 1. The summed E-state index contributed by atoms with van der Waals surface area (Å²) < 4.78 is 0. The van der Waals surface area contributed by atoms with Crippen molar-refractivity contribution in [3.05, 3.63) is 28.8 Å². The lowest BCUT2D eigenvalue weighted by Crippen LogP contribution is -2.62. The van der Waals surface area contributed by atoms with Crippen LogP contribution in [0.25, 0.3) is 0 Å². The van der Waals surface area contributed by atoms with Crippen molar-refractivity contribution in [1.82, 2.24) is 14.7 Å². The molecule has 1 atom stereocenters. The molecular weight excluding hydrogens is 302 g/mol. The second-order valence-electron chi connectivity index (χ2n) is 6.25. The van der Waals surface area contributed by atoms with Crippen molar-refractivity contribution >= 4 is 17.5 Å². The minimum atomic E-state index is 0.0525. The van der Waals surface area contributed by atoms with Crippen molar-refractivity contribution in [2.24, 2.45) is 0 Å². The maximum Gasteiger partial charge on any atom is 0.227 e. The third kappa shape index (κ3) is 3.37. The van der Waals surface area contributed by atoms with E-state index in [1.807, 2.05) is 4.90 Å². The first-order valence-corrected chi connectivity index (χ1v) is 8.08. The van der Waals surface area contributed by atoms with Crippen molar-refractivity contribution in [2.45, 2.75) is 12.5 Å². The van der Waals surface area contributed by atoms with Crippen LogP contribution in [0, 0.1) is 0 Å². The lowest BCUT2D eigenvalue weighted by Gasteiger charge is -2.46. The SMILES string of the molecule is CN1CCN2CCN(C(=O)Cc3ccc(O)c(Cl)c3)C[C@H]2C1. The molecule has 120 valence electrons. The highest BCUT2D eigenvalue weighted by molar-refractivity contribution is 6.32. The first kappa shape index (κ1) is 15.6. The maximum absolute atomic E-state index is 12.5. The van der Waals surface area contributed by atoms with Gasteiger partial charge in [-0.2, -0.15) is 0 Å². The number of fused-ring (bicyclic) bond motifs is 1. The third-order valence-electron chi connectivity index (χ3n) is 4.62. The number of rotatable bonds is 2. The van der Waals surface area contributed by atoms with Gasteiger partial charge in [0.15, 0.2) is 0 Å². The fraction of sp³-hybridized carbons (Fsp3) is 0.562. The van der Waals surface area contributed by atoms with Gasteiger partial charge in [0, 0.05) is 45.3 Å². The van der Waals surface area contributed by atoms with Gasteiger partial charge in [0.25, 0.3) is 0 Å². The summed E-state index contributed by atoms with van der Waals surface area (Å²) in [5.41, 5.74) is 0.844. The number of phenols is 1. The van der Waals surface area contributed by atoms with Crippen LogP contribution in [0.4, 0.5) is 0 Å². The second kappa shape index (κ2) is 6.44. The number of amides is 1. The van der Waals surface area contributed by atoms with E-state index < -0.39 is 0 Å². The molecule has 0 unspecified atom stereocenters. The van der Waals surface area contributed by atoms with Crippen molar-refractivity contribution in [1.29, 1.82) is 0 Å². The van der Waals surface area contributed by atoms with Crippen LogP contribution >= 0.6 is 11.6 Å². The lowest BCUT2D eigenvalue weighted by atomic mass is 10.1. The van der Waals surface area contributed by atoms with E-state index in [-0.39, 0.29) is 11.7 Å². The summed E-state index contributed by atoms with van der Waals surface area (Å²) in [5, 5.41) is 9.74. The number of nitrogens with zero attached hydrogens (tertiary/aromatic N) is 3. The molecule has 5 nitrogen and oxygen atoms in total. The van der Waals surface area contributed by atoms with Crippen molar-refractivity contribution in [3.63, 3.8) is 0 Å². The van der Waals surface area contributed by atoms with Gasteiger partial charge in [-0.25, -0.2) is 0 Å². The normalized spacial score (nSPS) is 23.4. The van der Waals surface area contributed by atoms with Crippen LogP contribution in [0.15, 0.2) is 18.2 Å². The van der Waals surface area contributed by atoms with Gasteiger partial charge in [0.05, 0.1) is 11.4 Å². The molecule has 2 fully saturated rings. The summed E-state index contributed by atoms with van der Waals surface area (Å²) in [6.07, 6.45) is 0.336. The van der Waals surface area contributed by atoms with E-state index in [1.165, 1.54) is 0 Å². The summed E-state index contributed by atoms with van der Waals surface area (Å²) in [4.78, 5) is 19.3. The van der Waals surface area contributed by atoms with Crippen molar-refractivity contribution < 1.29 is 9.90 Å². The molecule has 0 aromatic heterocycles. The molecule has 1 amide bonds. The Bertz CT molecular complexity index is 566. The number of phenolic OH excluding ortho intramolecular Hbond substituents is 1. The summed E-state index contributed by atoms with van der Waals surface area (Å²) in [5.74, 6) is 0.186. The molecule has 1 aromatic rings. The Morgan fingerprint density at radius 3 is 2.82 bits per heavy atom. The van der Waals surface area contributed by atoms with Crippen LogP contribution in [-0.4, -0.2) is 78.1 Å². The highest BCUT2D eigenvalue weighted by Crippen LogP contribution is 2.24. The molecule has 0 saturated carbocycles. The maximum atomic E-state index is 12.5. The molecule has 0 aliphatic carbocycles. The van der Waals surface area contributed by atoms with Gasteiger partial charge in [-0.1, -0.05) is 17.7 Å². The first-order valence-electron chi connectivity index (χ1n) is 7.70. The number of hydrogen-bond acceptors (Lipinski definition) is 4. The predicted octanol–water partition coefficient (Wildman–Crippen LogP) is 1.05. The number of carbonyl (C=O) groups excluding carboxylic acids is 1. The molecule has 22 heavy (non-hydrogen) atoms. The van der Waals surface area contributed by atoms with Crippen molar-refractivity contribution in [3.8, 4) is 5.75 Å². The summed E-state index contributed by atoms with van der Waals surface area (Å²) >= 11 is 5.90. The Morgan fingerprint density at radius 2 is 2.05 bits per heavy atom. The van der Waals surface area contributed by atoms with E-state index in [2.05, 4.69) is 16.8 Å². The topological polar surface area (TPSA) is 47.0 Å². The molecule has 0 radical (unpaired) electrons. The van der Waals surface area contributed by atoms with Crippen LogP contribution in [0.5, 0.6) is 5.75 Å². The van der Waals surface area contributed by atoms with E-state index >= 15 is 0 Å². The van der Waals surface area contributed by atoms with Crippen LogP contribution in [0.2, 0.25) is 5.02 Å². The largest absolute Gasteiger partial charge is 0.506 e. The number of halogens is 1. The molecule has 2 aliphatic heterocycles. The Balaban J connectivity index is 1.61. The number of piperazine rings is 2. The fourth-order valence-electron chi connectivity index (χ4n) is 3.28. The molecule has 0 bridgehead atoms. The van der Waals surface area contributed by atoms with Crippen LogP contribution in [-0.2, 0) is 11.2 Å². The zero-order chi connectivity index (χ0) is 15.7. The Kier molecular flexibility index (Phi) is 4.57. The van der Waals surface area contributed by atoms with Crippen molar-refractivity contribution in [2.75, 3.05) is 46.3 Å². The van der Waals surface area contributed by atoms with Gasteiger partial charge in [-0.05, 0) is 24.7 Å². The molecule has 1 aromatic carbocycles. The minimum Gasteiger partial charge on any atom is -0.506 e. The molecule has 2 saturated heterocycles. The number of likely N-dealkylation sites (N-methyl/N-ethyl adjacent to an activating group) is 1. The molecule has 0 spiro atoms. The lowest BCUT2D eigenvalue weighted by molar-refractivity contribution is -0.134. The Hall–Kier alpha value is -1.30. The molecule has 3 rings (SSSR count). The van der Waals surface area contributed by atoms with Gasteiger partial charge in [-0.15, -0.1) is 0 Å². The number of hydrogen-bond donors (Lipinski definition) is 1. The standard InChI is InChI=1S/C16H22ClN3O2/c1-18-4-5-19-6-7-20(11-13(19)10-18)16(22)9-12-2-3-15(21)14(17)8-12/h2-3,8,13,21H,4-7,9-11H2,1H3/t13-/m1/s1. The molecule has 6 heteroatoms. The first-order chi connectivity index (χ1) is 10.5. The van der Waals surface area contributed by atoms with E-state index in [0.717, 1.165) is 44.8 Å². The zero-order valence-electron chi connectivity index (χ0n) is 12.8. The fourth-order valence-corrected chi connectivity index (χ4v) is 3.49. The van der Waals surface area contributed by atoms with E-state index in [4.69, 9.17) is 11.6 Å². The summed E-state index contributed by atoms with van der Waals surface area (Å²) in [6.45, 7) is 5.78. The minimum absolute atomic E-state index is 0.0525. The second-order valence-corrected chi connectivity index (χ2v) is 6.66. The quantitative estimate of drug-likeness (QED) is 0.883. The predicted molar refractivity (Wildman–Crippen MR) is 86.3 cm³/mol. The number of aromatic hydroxyl groups is 1.